The number of carbonyl (C=O) groups excluding carboxylic acids is 1. The Morgan fingerprint density at radius 2 is 1.79 bits per heavy atom. The van der Waals surface area contributed by atoms with Crippen molar-refractivity contribution < 1.29 is 9.18 Å². The van der Waals surface area contributed by atoms with Gasteiger partial charge < -0.3 is 9.47 Å². The lowest BCUT2D eigenvalue weighted by atomic mass is 10.0. The molecule has 1 aliphatic heterocycles. The fourth-order valence-corrected chi connectivity index (χ4v) is 3.56. The van der Waals surface area contributed by atoms with Crippen LogP contribution in [0.4, 0.5) is 4.39 Å². The van der Waals surface area contributed by atoms with Crippen molar-refractivity contribution in [3.05, 3.63) is 98.6 Å². The lowest BCUT2D eigenvalue weighted by molar-refractivity contribution is -0.132. The molecule has 2 aromatic heterocycles. The minimum Gasteiger partial charge on any atom is -0.338 e. The number of hydrogen-bond acceptors (Lipinski definition) is 3. The summed E-state index contributed by atoms with van der Waals surface area (Å²) >= 11 is 0. The summed E-state index contributed by atoms with van der Waals surface area (Å²) in [5.74, 6) is -0.403. The molecule has 0 aliphatic carbocycles. The van der Waals surface area contributed by atoms with Crippen molar-refractivity contribution in [3.63, 3.8) is 0 Å². The third-order valence-electron chi connectivity index (χ3n) is 5.17. The summed E-state index contributed by atoms with van der Waals surface area (Å²) in [7, 11) is 0. The van der Waals surface area contributed by atoms with Crippen LogP contribution in [0, 0.1) is 5.82 Å². The smallest absolute Gasteiger partial charge is 0.255 e. The molecule has 0 saturated heterocycles. The highest BCUT2D eigenvalue weighted by atomic mass is 19.1. The van der Waals surface area contributed by atoms with Crippen LogP contribution >= 0.6 is 0 Å². The maximum Gasteiger partial charge on any atom is 0.255 e. The van der Waals surface area contributed by atoms with Crippen LogP contribution in [0.5, 0.6) is 0 Å². The Kier molecular flexibility index (Phi) is 5.12. The second-order valence-electron chi connectivity index (χ2n) is 7.06. The molecular weight excluding hydrogens is 373 g/mol. The second-order valence-corrected chi connectivity index (χ2v) is 7.06. The van der Waals surface area contributed by atoms with Crippen molar-refractivity contribution in [1.29, 1.82) is 0 Å². The highest BCUT2D eigenvalue weighted by Gasteiger charge is 2.22. The van der Waals surface area contributed by atoms with Crippen LogP contribution in [0.15, 0.2) is 70.5 Å². The summed E-state index contributed by atoms with van der Waals surface area (Å²) < 4.78 is 16.2. The van der Waals surface area contributed by atoms with Gasteiger partial charge >= 0.3 is 0 Å². The first-order valence-electron chi connectivity index (χ1n) is 9.45. The number of carbonyl (C=O) groups is 1. The number of aromatic nitrogens is 2. The number of halogens is 1. The third kappa shape index (κ3) is 4.03. The zero-order valence-electron chi connectivity index (χ0n) is 15.8. The molecule has 0 radical (unpaired) electrons. The minimum atomic E-state index is -0.367. The molecule has 3 aromatic rings. The van der Waals surface area contributed by atoms with Gasteiger partial charge in [0.15, 0.2) is 0 Å². The average Bonchev–Trinajstić information content (AvgIpc) is 2.73. The standard InChI is InChI=1S/C22H20FN3O3/c23-18-4-6-19(7-5-18)26-15-17-14-25(11-8-16(17)13-22(26)29)21(28)9-12-24-10-2-1-3-20(24)27/h1-7,10,13,15H,8-9,11-12,14H2. The van der Waals surface area contributed by atoms with Crippen molar-refractivity contribution >= 4 is 5.91 Å². The van der Waals surface area contributed by atoms with E-state index >= 15 is 0 Å². The van der Waals surface area contributed by atoms with E-state index in [0.717, 1.165) is 11.1 Å². The van der Waals surface area contributed by atoms with E-state index in [2.05, 4.69) is 0 Å². The van der Waals surface area contributed by atoms with E-state index in [1.54, 1.807) is 47.6 Å². The van der Waals surface area contributed by atoms with Gasteiger partial charge in [0.2, 0.25) is 5.91 Å². The van der Waals surface area contributed by atoms with Crippen molar-refractivity contribution in [2.75, 3.05) is 6.54 Å². The van der Waals surface area contributed by atoms with Gasteiger partial charge in [0.05, 0.1) is 0 Å². The number of amides is 1. The molecule has 0 N–H and O–H groups in total. The maximum atomic E-state index is 13.2. The van der Waals surface area contributed by atoms with Gasteiger partial charge in [0, 0.05) is 56.3 Å². The van der Waals surface area contributed by atoms with Gasteiger partial charge in [-0.1, -0.05) is 6.07 Å². The molecule has 0 saturated carbocycles. The first-order chi connectivity index (χ1) is 14.0. The fourth-order valence-electron chi connectivity index (χ4n) is 3.56. The van der Waals surface area contributed by atoms with Crippen molar-refractivity contribution in [2.24, 2.45) is 0 Å². The molecule has 1 aromatic carbocycles. The van der Waals surface area contributed by atoms with Crippen LogP contribution in [0.3, 0.4) is 0 Å². The predicted molar refractivity (Wildman–Crippen MR) is 106 cm³/mol. The number of rotatable bonds is 4. The zero-order chi connectivity index (χ0) is 20.4. The molecule has 29 heavy (non-hydrogen) atoms. The number of nitrogens with zero attached hydrogens (tertiary/aromatic N) is 3. The number of hydrogen-bond donors (Lipinski definition) is 0. The second kappa shape index (κ2) is 7.87. The van der Waals surface area contributed by atoms with Gasteiger partial charge in [-0.2, -0.15) is 0 Å². The highest BCUT2D eigenvalue weighted by molar-refractivity contribution is 5.76. The van der Waals surface area contributed by atoms with Crippen LogP contribution in [0.25, 0.3) is 5.69 Å². The normalized spacial score (nSPS) is 13.2. The summed E-state index contributed by atoms with van der Waals surface area (Å²) in [6.07, 6.45) is 4.23. The Morgan fingerprint density at radius 3 is 2.55 bits per heavy atom. The molecule has 0 unspecified atom stereocenters. The highest BCUT2D eigenvalue weighted by Crippen LogP contribution is 2.19. The minimum absolute atomic E-state index is 0.0362. The fraction of sp³-hybridized carbons (Fsp3) is 0.227. The molecular formula is C22H20FN3O3. The zero-order valence-corrected chi connectivity index (χ0v) is 15.8. The van der Waals surface area contributed by atoms with Crippen LogP contribution in [-0.4, -0.2) is 26.5 Å². The average molecular weight is 393 g/mol. The maximum absolute atomic E-state index is 13.2. The molecule has 3 heterocycles. The Morgan fingerprint density at radius 1 is 1.00 bits per heavy atom. The molecule has 148 valence electrons. The molecule has 0 bridgehead atoms. The Bertz CT molecular complexity index is 1160. The van der Waals surface area contributed by atoms with Crippen LogP contribution in [0.1, 0.15) is 17.5 Å². The van der Waals surface area contributed by atoms with Crippen LogP contribution in [-0.2, 0) is 24.3 Å². The molecule has 4 rings (SSSR count). The van der Waals surface area contributed by atoms with E-state index in [-0.39, 0.29) is 29.3 Å². The van der Waals surface area contributed by atoms with Gasteiger partial charge in [-0.05, 0) is 47.9 Å². The topological polar surface area (TPSA) is 64.3 Å². The summed E-state index contributed by atoms with van der Waals surface area (Å²) in [6.45, 7) is 1.27. The molecule has 6 nitrogen and oxygen atoms in total. The summed E-state index contributed by atoms with van der Waals surface area (Å²) in [6, 6.07) is 12.2. The largest absolute Gasteiger partial charge is 0.338 e. The summed E-state index contributed by atoms with van der Waals surface area (Å²) in [5, 5.41) is 0. The van der Waals surface area contributed by atoms with Gasteiger partial charge in [-0.25, -0.2) is 4.39 Å². The van der Waals surface area contributed by atoms with E-state index < -0.39 is 0 Å². The van der Waals surface area contributed by atoms with Crippen molar-refractivity contribution in [3.8, 4) is 5.69 Å². The quantitative estimate of drug-likeness (QED) is 0.682. The first-order valence-corrected chi connectivity index (χ1v) is 9.45. The van der Waals surface area contributed by atoms with E-state index in [1.165, 1.54) is 27.3 Å². The van der Waals surface area contributed by atoms with Gasteiger partial charge in [-0.15, -0.1) is 0 Å². The molecule has 0 spiro atoms. The first kappa shape index (κ1) is 18.9. The number of aryl methyl sites for hydroxylation is 1. The molecule has 7 heteroatoms. The van der Waals surface area contributed by atoms with Crippen molar-refractivity contribution in [1.82, 2.24) is 14.0 Å². The number of fused-ring (bicyclic) bond motifs is 1. The molecule has 1 amide bonds. The van der Waals surface area contributed by atoms with Gasteiger partial charge in [-0.3, -0.25) is 19.0 Å². The number of pyridine rings is 2. The van der Waals surface area contributed by atoms with E-state index in [1.807, 2.05) is 0 Å². The molecule has 0 fully saturated rings. The van der Waals surface area contributed by atoms with E-state index in [4.69, 9.17) is 0 Å². The monoisotopic (exact) mass is 393 g/mol. The Balaban J connectivity index is 1.51. The Labute approximate surface area is 166 Å². The van der Waals surface area contributed by atoms with Crippen molar-refractivity contribution in [2.45, 2.75) is 25.9 Å². The summed E-state index contributed by atoms with van der Waals surface area (Å²) in [5.41, 5.74) is 2.08. The van der Waals surface area contributed by atoms with Gasteiger partial charge in [0.1, 0.15) is 5.82 Å². The predicted octanol–water partition coefficient (Wildman–Crippen LogP) is 2.11. The lowest BCUT2D eigenvalue weighted by Gasteiger charge is -2.29. The SMILES string of the molecule is O=C(CCn1ccccc1=O)N1CCc2cc(=O)n(-c3ccc(F)cc3)cc2C1. The van der Waals surface area contributed by atoms with E-state index in [9.17, 15) is 18.8 Å². The molecule has 0 atom stereocenters. The Hall–Kier alpha value is -3.48. The van der Waals surface area contributed by atoms with Crippen LogP contribution in [0.2, 0.25) is 0 Å². The number of benzene rings is 1. The van der Waals surface area contributed by atoms with E-state index in [0.29, 0.717) is 31.7 Å². The summed E-state index contributed by atoms with van der Waals surface area (Å²) in [4.78, 5) is 38.6. The molecule has 1 aliphatic rings. The van der Waals surface area contributed by atoms with Gasteiger partial charge in [0.25, 0.3) is 11.1 Å². The lowest BCUT2D eigenvalue weighted by Crippen LogP contribution is -2.38. The third-order valence-corrected chi connectivity index (χ3v) is 5.17. The van der Waals surface area contributed by atoms with Crippen LogP contribution < -0.4 is 11.1 Å².